The average molecular weight is 219 g/mol. The zero-order valence-electron chi connectivity index (χ0n) is 9.63. The molecule has 0 aliphatic carbocycles. The number of carbonyl (C=O) groups excluding carboxylic acids is 2. The van der Waals surface area contributed by atoms with Gasteiger partial charge in [-0.15, -0.1) is 0 Å². The summed E-state index contributed by atoms with van der Waals surface area (Å²) >= 11 is 0. The van der Waals surface area contributed by atoms with Gasteiger partial charge in [-0.1, -0.05) is 20.8 Å². The fourth-order valence-corrected chi connectivity index (χ4v) is 1.01. The van der Waals surface area contributed by atoms with Crippen LogP contribution in [0.15, 0.2) is 24.3 Å². The molecule has 0 bridgehead atoms. The highest BCUT2D eigenvalue weighted by Crippen LogP contribution is 2.18. The van der Waals surface area contributed by atoms with Gasteiger partial charge in [0.2, 0.25) is 5.91 Å². The molecule has 1 aromatic carbocycles. The van der Waals surface area contributed by atoms with Crippen LogP contribution in [0.1, 0.15) is 20.8 Å². The van der Waals surface area contributed by atoms with Crippen molar-refractivity contribution >= 4 is 23.7 Å². The molecule has 16 heavy (non-hydrogen) atoms. The summed E-state index contributed by atoms with van der Waals surface area (Å²) in [6.45, 7) is 5.54. The van der Waals surface area contributed by atoms with E-state index in [0.717, 1.165) is 0 Å². The maximum absolute atomic E-state index is 11.7. The summed E-state index contributed by atoms with van der Waals surface area (Å²) in [5.41, 5.74) is 0.924. The van der Waals surface area contributed by atoms with Crippen molar-refractivity contribution in [2.45, 2.75) is 20.8 Å². The summed E-state index contributed by atoms with van der Waals surface area (Å²) in [4.78, 5) is 21.7. The van der Waals surface area contributed by atoms with E-state index < -0.39 is 5.41 Å². The Morgan fingerprint density at radius 2 is 1.62 bits per heavy atom. The quantitative estimate of drug-likeness (QED) is 0.765. The first-order valence-electron chi connectivity index (χ1n) is 4.98. The Labute approximate surface area is 95.0 Å². The Kier molecular flexibility index (Phi) is 3.66. The molecule has 0 saturated carbocycles. The molecule has 1 rings (SSSR count). The third-order valence-corrected chi connectivity index (χ3v) is 2.02. The van der Waals surface area contributed by atoms with E-state index in [-0.39, 0.29) is 5.91 Å². The van der Waals surface area contributed by atoms with Gasteiger partial charge in [0.25, 0.3) is 0 Å². The van der Waals surface area contributed by atoms with Gasteiger partial charge in [-0.25, -0.2) is 0 Å². The molecule has 0 aromatic heterocycles. The van der Waals surface area contributed by atoms with Crippen LogP contribution in [-0.2, 0) is 9.59 Å². The van der Waals surface area contributed by atoms with Gasteiger partial charge in [0.15, 0.2) is 0 Å². The minimum Gasteiger partial charge on any atom is -0.326 e. The largest absolute Gasteiger partial charge is 0.326 e. The van der Waals surface area contributed by atoms with Crippen LogP contribution in [-0.4, -0.2) is 12.3 Å². The van der Waals surface area contributed by atoms with E-state index >= 15 is 0 Å². The number of hydrogen-bond acceptors (Lipinski definition) is 2. The lowest BCUT2D eigenvalue weighted by atomic mass is 9.95. The van der Waals surface area contributed by atoms with Gasteiger partial charge in [-0.05, 0) is 24.3 Å². The predicted octanol–water partition coefficient (Wildman–Crippen LogP) is 2.15. The molecular weight excluding hydrogens is 204 g/mol. The molecule has 0 spiro atoms. The molecule has 4 nitrogen and oxygen atoms in total. The third-order valence-electron chi connectivity index (χ3n) is 2.02. The Balaban J connectivity index is 2.69. The van der Waals surface area contributed by atoms with E-state index in [0.29, 0.717) is 11.4 Å². The van der Waals surface area contributed by atoms with Crippen LogP contribution >= 0.6 is 0 Å². The minimum absolute atomic E-state index is 0.0461. The second kappa shape index (κ2) is 4.79. The molecule has 2 amide bonds. The zero-order valence-corrected chi connectivity index (χ0v) is 9.63. The van der Waals surface area contributed by atoms with Crippen molar-refractivity contribution in [3.05, 3.63) is 24.3 Å². The minimum atomic E-state index is -0.423. The average Bonchev–Trinajstić information content (AvgIpc) is 2.20. The molecule has 0 heterocycles. The third kappa shape index (κ3) is 3.38. The molecule has 1 aromatic rings. The summed E-state index contributed by atoms with van der Waals surface area (Å²) in [5.74, 6) is -0.0461. The van der Waals surface area contributed by atoms with Crippen molar-refractivity contribution in [1.29, 1.82) is 0 Å². The van der Waals surface area contributed by atoms with Crippen LogP contribution in [0.5, 0.6) is 0 Å². The van der Waals surface area contributed by atoms with Crippen molar-refractivity contribution in [3.8, 4) is 0 Å². The van der Waals surface area contributed by atoms with Crippen LogP contribution in [0.2, 0.25) is 0 Å². The van der Waals surface area contributed by atoms with Gasteiger partial charge in [0.1, 0.15) is 0 Å². The van der Waals surface area contributed by atoms with Crippen LogP contribution in [0, 0.1) is 5.41 Å². The van der Waals surface area contributed by atoms with Gasteiger partial charge in [0, 0.05) is 16.8 Å². The highest BCUT2D eigenvalue weighted by atomic mass is 16.2. The number of rotatable bonds is 3. The topological polar surface area (TPSA) is 58.2 Å². The SMILES string of the molecule is CC(C)(C)C(=O)Nc1ccc(N[C]=O)cc1. The first-order chi connectivity index (χ1) is 7.43. The Bertz CT molecular complexity index is 377. The van der Waals surface area contributed by atoms with Gasteiger partial charge < -0.3 is 10.6 Å². The van der Waals surface area contributed by atoms with E-state index in [1.165, 1.54) is 0 Å². The molecule has 0 atom stereocenters. The summed E-state index contributed by atoms with van der Waals surface area (Å²) in [6, 6.07) is 6.85. The van der Waals surface area contributed by atoms with E-state index in [1.54, 1.807) is 30.7 Å². The van der Waals surface area contributed by atoms with E-state index in [4.69, 9.17) is 0 Å². The Morgan fingerprint density at radius 1 is 1.12 bits per heavy atom. The fourth-order valence-electron chi connectivity index (χ4n) is 1.01. The van der Waals surface area contributed by atoms with Crippen molar-refractivity contribution in [3.63, 3.8) is 0 Å². The van der Waals surface area contributed by atoms with Crippen molar-refractivity contribution in [1.82, 2.24) is 0 Å². The van der Waals surface area contributed by atoms with Crippen molar-refractivity contribution in [2.24, 2.45) is 5.41 Å². The molecule has 0 fully saturated rings. The molecule has 2 N–H and O–H groups in total. The highest BCUT2D eigenvalue weighted by molar-refractivity contribution is 5.94. The Morgan fingerprint density at radius 3 is 2.06 bits per heavy atom. The summed E-state index contributed by atoms with van der Waals surface area (Å²) in [7, 11) is 0. The summed E-state index contributed by atoms with van der Waals surface area (Å²) in [6.07, 6.45) is 1.58. The van der Waals surface area contributed by atoms with Gasteiger partial charge in [0.05, 0.1) is 0 Å². The second-order valence-corrected chi connectivity index (χ2v) is 4.51. The number of carbonyl (C=O) groups is 1. The molecular formula is C12H15N2O2. The first kappa shape index (κ1) is 12.2. The molecule has 0 aliphatic rings. The number of benzene rings is 1. The van der Waals surface area contributed by atoms with Gasteiger partial charge >= 0.3 is 6.41 Å². The lowest BCUT2D eigenvalue weighted by Crippen LogP contribution is -2.27. The lowest BCUT2D eigenvalue weighted by molar-refractivity contribution is -0.123. The van der Waals surface area contributed by atoms with Crippen LogP contribution in [0.25, 0.3) is 0 Å². The maximum atomic E-state index is 11.7. The normalized spacial score (nSPS) is 10.7. The monoisotopic (exact) mass is 219 g/mol. The van der Waals surface area contributed by atoms with E-state index in [1.807, 2.05) is 20.8 Å². The maximum Gasteiger partial charge on any atom is 0.314 e. The number of anilines is 2. The summed E-state index contributed by atoms with van der Waals surface area (Å²) < 4.78 is 0. The van der Waals surface area contributed by atoms with E-state index in [2.05, 4.69) is 10.6 Å². The lowest BCUT2D eigenvalue weighted by Gasteiger charge is -2.17. The first-order valence-corrected chi connectivity index (χ1v) is 4.98. The second-order valence-electron chi connectivity index (χ2n) is 4.51. The molecule has 0 unspecified atom stereocenters. The molecule has 85 valence electrons. The number of amides is 2. The number of nitrogens with one attached hydrogen (secondary N) is 2. The highest BCUT2D eigenvalue weighted by Gasteiger charge is 2.20. The Hall–Kier alpha value is -1.84. The molecule has 0 aliphatic heterocycles. The molecule has 1 radical (unpaired) electrons. The zero-order chi connectivity index (χ0) is 12.2. The standard InChI is InChI=1S/C12H15N2O2/c1-12(2,3)11(16)14-10-6-4-9(5-7-10)13-8-15/h4-7H,1-3H3,(H,13,15)(H,14,16). The number of hydrogen-bond donors (Lipinski definition) is 2. The summed E-state index contributed by atoms with van der Waals surface area (Å²) in [5, 5.41) is 5.19. The predicted molar refractivity (Wildman–Crippen MR) is 63.8 cm³/mol. The van der Waals surface area contributed by atoms with Crippen molar-refractivity contribution < 1.29 is 9.59 Å². The van der Waals surface area contributed by atoms with Gasteiger partial charge in [-0.2, -0.15) is 0 Å². The van der Waals surface area contributed by atoms with E-state index in [9.17, 15) is 9.59 Å². The van der Waals surface area contributed by atoms with Crippen LogP contribution in [0.3, 0.4) is 0 Å². The van der Waals surface area contributed by atoms with Crippen LogP contribution in [0.4, 0.5) is 11.4 Å². The fraction of sp³-hybridized carbons (Fsp3) is 0.333. The molecule has 4 heteroatoms. The van der Waals surface area contributed by atoms with Crippen molar-refractivity contribution in [2.75, 3.05) is 10.6 Å². The van der Waals surface area contributed by atoms with Gasteiger partial charge in [-0.3, -0.25) is 9.59 Å². The molecule has 0 saturated heterocycles. The van der Waals surface area contributed by atoms with Crippen LogP contribution < -0.4 is 10.6 Å². The smallest absolute Gasteiger partial charge is 0.314 e.